The molecule has 6 heteroatoms. The van der Waals surface area contributed by atoms with Crippen molar-refractivity contribution in [1.29, 1.82) is 0 Å². The van der Waals surface area contributed by atoms with Gasteiger partial charge in [0.1, 0.15) is 29.3 Å². The van der Waals surface area contributed by atoms with Crippen LogP contribution in [0.4, 0.5) is 0 Å². The van der Waals surface area contributed by atoms with Gasteiger partial charge in [0.2, 0.25) is 6.29 Å². The van der Waals surface area contributed by atoms with Gasteiger partial charge in [0.25, 0.3) is 0 Å². The Balaban J connectivity index is 1.40. The van der Waals surface area contributed by atoms with Crippen LogP contribution in [-0.2, 0) is 43.5 Å². The van der Waals surface area contributed by atoms with Crippen LogP contribution in [-0.4, -0.2) is 36.5 Å². The molecule has 1 fully saturated rings. The van der Waals surface area contributed by atoms with E-state index in [0.29, 0.717) is 26.4 Å². The molecule has 0 unspecified atom stereocenters. The molecule has 0 saturated carbocycles. The molecule has 0 aromatic heterocycles. The van der Waals surface area contributed by atoms with Crippen LogP contribution < -0.4 is 0 Å². The first kappa shape index (κ1) is 27.7. The second-order valence-electron chi connectivity index (χ2n) is 9.93. The molecule has 2 heterocycles. The van der Waals surface area contributed by atoms with E-state index in [2.05, 4.69) is 43.0 Å². The summed E-state index contributed by atoms with van der Waals surface area (Å²) in [6, 6.07) is 30.5. The summed E-state index contributed by atoms with van der Waals surface area (Å²) < 4.78 is 32.4. The van der Waals surface area contributed by atoms with Gasteiger partial charge in [-0.15, -0.1) is 11.8 Å². The maximum Gasteiger partial charge on any atom is 0.214 e. The zero-order valence-corrected chi connectivity index (χ0v) is 23.3. The molecule has 0 bridgehead atoms. The lowest BCUT2D eigenvalue weighted by molar-refractivity contribution is -0.266. The van der Waals surface area contributed by atoms with E-state index in [1.165, 1.54) is 0 Å². The number of benzene rings is 3. The number of hydrogen-bond acceptors (Lipinski definition) is 6. The first-order valence-corrected chi connectivity index (χ1v) is 14.2. The predicted molar refractivity (Wildman–Crippen MR) is 155 cm³/mol. The fourth-order valence-electron chi connectivity index (χ4n) is 4.87. The molecular formula is C33H36O5S. The lowest BCUT2D eigenvalue weighted by atomic mass is 10.00. The summed E-state index contributed by atoms with van der Waals surface area (Å²) >= 11 is 1.71. The quantitative estimate of drug-likeness (QED) is 0.258. The van der Waals surface area contributed by atoms with Crippen molar-refractivity contribution in [3.63, 3.8) is 0 Å². The largest absolute Gasteiger partial charge is 0.467 e. The molecule has 5 atom stereocenters. The molecule has 0 aliphatic carbocycles. The highest BCUT2D eigenvalue weighted by Gasteiger charge is 2.51. The average Bonchev–Trinajstić information content (AvgIpc) is 2.96. The zero-order valence-electron chi connectivity index (χ0n) is 22.5. The Kier molecular flexibility index (Phi) is 9.56. The van der Waals surface area contributed by atoms with Gasteiger partial charge in [0, 0.05) is 4.91 Å². The topological polar surface area (TPSA) is 46.2 Å². The van der Waals surface area contributed by atoms with Crippen molar-refractivity contribution < 1.29 is 23.7 Å². The minimum atomic E-state index is -0.485. The Labute approximate surface area is 235 Å². The van der Waals surface area contributed by atoms with Crippen molar-refractivity contribution in [1.82, 2.24) is 0 Å². The Hall–Kier alpha value is -2.87. The molecule has 0 amide bonds. The molecule has 1 saturated heterocycles. The summed E-state index contributed by atoms with van der Waals surface area (Å²) in [4.78, 5) is 1.04. The lowest BCUT2D eigenvalue weighted by Gasteiger charge is -2.48. The minimum absolute atomic E-state index is 0.129. The van der Waals surface area contributed by atoms with E-state index in [-0.39, 0.29) is 23.6 Å². The maximum atomic E-state index is 6.68. The van der Waals surface area contributed by atoms with Crippen LogP contribution in [0, 0.1) is 0 Å². The van der Waals surface area contributed by atoms with Crippen molar-refractivity contribution in [2.24, 2.45) is 0 Å². The molecule has 2 aliphatic rings. The van der Waals surface area contributed by atoms with Gasteiger partial charge in [-0.05, 0) is 36.1 Å². The highest BCUT2D eigenvalue weighted by molar-refractivity contribution is 8.04. The summed E-state index contributed by atoms with van der Waals surface area (Å²) in [5, 5.41) is -0.129. The second-order valence-corrected chi connectivity index (χ2v) is 11.1. The SMILES string of the molecule is C=C(C)C1=C(C)O[C@H]2O[C@H](COCc3ccccc3)[C@@H](OCc3ccccc3)[C@H](OCc3ccccc3)[C@H]2S1. The van der Waals surface area contributed by atoms with Gasteiger partial charge in [-0.1, -0.05) is 97.6 Å². The van der Waals surface area contributed by atoms with Crippen LogP contribution in [0.3, 0.4) is 0 Å². The summed E-state index contributed by atoms with van der Waals surface area (Å²) in [7, 11) is 0. The fraction of sp³-hybridized carbons (Fsp3) is 0.333. The highest BCUT2D eigenvalue weighted by atomic mass is 32.2. The third kappa shape index (κ3) is 7.21. The third-order valence-electron chi connectivity index (χ3n) is 6.81. The zero-order chi connectivity index (χ0) is 27.0. The third-order valence-corrected chi connectivity index (χ3v) is 8.44. The smallest absolute Gasteiger partial charge is 0.214 e. The van der Waals surface area contributed by atoms with E-state index in [1.54, 1.807) is 11.8 Å². The molecule has 0 radical (unpaired) electrons. The molecule has 5 rings (SSSR count). The van der Waals surface area contributed by atoms with Crippen molar-refractivity contribution >= 4 is 11.8 Å². The standard InChI is InChI=1S/C33H36O5S/c1-23(2)31-24(3)37-33-32(39-31)30(36-21-27-17-11-6-12-18-27)29(35-20-26-15-9-5-10-16-26)28(38-33)22-34-19-25-13-7-4-8-14-25/h4-18,28-30,32-33H,1,19-22H2,2-3H3/t28-,29-,30+,32-,33+/m1/s1. The summed E-state index contributed by atoms with van der Waals surface area (Å²) in [6.07, 6.45) is -1.53. The Morgan fingerprint density at radius 1 is 0.769 bits per heavy atom. The number of ether oxygens (including phenoxy) is 5. The molecule has 3 aromatic rings. The Bertz CT molecular complexity index is 1230. The van der Waals surface area contributed by atoms with Gasteiger partial charge in [-0.25, -0.2) is 0 Å². The summed E-state index contributed by atoms with van der Waals surface area (Å²) in [5.74, 6) is 0.822. The van der Waals surface area contributed by atoms with Gasteiger partial charge in [0.05, 0.1) is 26.4 Å². The number of thioether (sulfide) groups is 1. The molecule has 5 nitrogen and oxygen atoms in total. The van der Waals surface area contributed by atoms with E-state index in [9.17, 15) is 0 Å². The van der Waals surface area contributed by atoms with Crippen molar-refractivity contribution in [2.45, 2.75) is 63.5 Å². The van der Waals surface area contributed by atoms with E-state index in [4.69, 9.17) is 23.7 Å². The minimum Gasteiger partial charge on any atom is -0.467 e. The number of allylic oxidation sites excluding steroid dienone is 2. The van der Waals surface area contributed by atoms with Gasteiger partial charge < -0.3 is 23.7 Å². The van der Waals surface area contributed by atoms with E-state index in [0.717, 1.165) is 32.9 Å². The van der Waals surface area contributed by atoms with Gasteiger partial charge in [-0.2, -0.15) is 0 Å². The van der Waals surface area contributed by atoms with E-state index >= 15 is 0 Å². The van der Waals surface area contributed by atoms with Crippen molar-refractivity contribution in [3.8, 4) is 0 Å². The molecule has 0 N–H and O–H groups in total. The van der Waals surface area contributed by atoms with E-state index in [1.807, 2.05) is 68.4 Å². The fourth-order valence-corrected chi connectivity index (χ4v) is 6.16. The monoisotopic (exact) mass is 544 g/mol. The van der Waals surface area contributed by atoms with Crippen LogP contribution in [0.5, 0.6) is 0 Å². The highest BCUT2D eigenvalue weighted by Crippen LogP contribution is 2.45. The average molecular weight is 545 g/mol. The van der Waals surface area contributed by atoms with Crippen molar-refractivity contribution in [3.05, 3.63) is 131 Å². The van der Waals surface area contributed by atoms with Crippen LogP contribution >= 0.6 is 11.8 Å². The van der Waals surface area contributed by atoms with Crippen LogP contribution in [0.2, 0.25) is 0 Å². The van der Waals surface area contributed by atoms with Crippen LogP contribution in [0.25, 0.3) is 0 Å². The summed E-state index contributed by atoms with van der Waals surface area (Å²) in [6.45, 7) is 9.89. The first-order valence-electron chi connectivity index (χ1n) is 13.4. The molecule has 2 aliphatic heterocycles. The van der Waals surface area contributed by atoms with E-state index < -0.39 is 6.29 Å². The van der Waals surface area contributed by atoms with Gasteiger partial charge >= 0.3 is 0 Å². The molecular weight excluding hydrogens is 508 g/mol. The van der Waals surface area contributed by atoms with Gasteiger partial charge in [0.15, 0.2) is 0 Å². The first-order chi connectivity index (χ1) is 19.1. The number of hydrogen-bond donors (Lipinski definition) is 0. The Morgan fingerprint density at radius 2 is 1.28 bits per heavy atom. The number of rotatable bonds is 11. The van der Waals surface area contributed by atoms with Crippen molar-refractivity contribution in [2.75, 3.05) is 6.61 Å². The maximum absolute atomic E-state index is 6.68. The van der Waals surface area contributed by atoms with Crippen LogP contribution in [0.1, 0.15) is 30.5 Å². The second kappa shape index (κ2) is 13.5. The normalized spacial score (nSPS) is 24.6. The van der Waals surface area contributed by atoms with Gasteiger partial charge in [-0.3, -0.25) is 0 Å². The number of fused-ring (bicyclic) bond motifs is 1. The molecule has 204 valence electrons. The van der Waals surface area contributed by atoms with Crippen LogP contribution in [0.15, 0.2) is 114 Å². The summed E-state index contributed by atoms with van der Waals surface area (Å²) in [5.41, 5.74) is 4.27. The Morgan fingerprint density at radius 3 is 1.82 bits per heavy atom. The molecule has 39 heavy (non-hydrogen) atoms. The molecule has 0 spiro atoms. The predicted octanol–water partition coefficient (Wildman–Crippen LogP) is 7.04. The lowest BCUT2D eigenvalue weighted by Crippen LogP contribution is -2.60. The molecule has 3 aromatic carbocycles.